The van der Waals surface area contributed by atoms with Crippen LogP contribution >= 0.6 is 0 Å². The maximum Gasteiger partial charge on any atom is 0.322 e. The Labute approximate surface area is 186 Å². The molecule has 1 heterocycles. The Kier molecular flexibility index (Phi) is 9.43. The molecule has 0 saturated heterocycles. The Bertz CT molecular complexity index is 830. The Morgan fingerprint density at radius 3 is 2.39 bits per heavy atom. The van der Waals surface area contributed by atoms with Crippen LogP contribution in [0.2, 0.25) is 0 Å². The van der Waals surface area contributed by atoms with E-state index in [2.05, 4.69) is 12.2 Å². The van der Waals surface area contributed by atoms with Gasteiger partial charge in [-0.15, -0.1) is 0 Å². The summed E-state index contributed by atoms with van der Waals surface area (Å²) in [6, 6.07) is 10.8. The number of nitrogens with one attached hydrogen (secondary N) is 1. The summed E-state index contributed by atoms with van der Waals surface area (Å²) in [5, 5.41) is 2.89. The lowest BCUT2D eigenvalue weighted by Gasteiger charge is -2.30. The summed E-state index contributed by atoms with van der Waals surface area (Å²) in [7, 11) is 1.97. The van der Waals surface area contributed by atoms with Crippen molar-refractivity contribution in [3.8, 4) is 5.75 Å². The first-order chi connectivity index (χ1) is 14.8. The molecule has 7 nitrogen and oxygen atoms in total. The molecule has 1 aromatic heterocycles. The lowest BCUT2D eigenvalue weighted by Crippen LogP contribution is -2.47. The Morgan fingerprint density at radius 2 is 1.84 bits per heavy atom. The molecule has 0 aliphatic carbocycles. The number of hydrogen-bond acceptors (Lipinski definition) is 3. The van der Waals surface area contributed by atoms with Crippen molar-refractivity contribution in [2.45, 2.75) is 53.1 Å². The lowest BCUT2D eigenvalue weighted by molar-refractivity contribution is -0.132. The van der Waals surface area contributed by atoms with Gasteiger partial charge in [-0.1, -0.05) is 13.3 Å². The van der Waals surface area contributed by atoms with Gasteiger partial charge in [0.05, 0.1) is 13.2 Å². The third-order valence-electron chi connectivity index (χ3n) is 5.14. The summed E-state index contributed by atoms with van der Waals surface area (Å²) in [5.74, 6) is 0.703. The van der Waals surface area contributed by atoms with E-state index in [0.717, 1.165) is 24.3 Å². The minimum absolute atomic E-state index is 0.0364. The number of aromatic nitrogens is 1. The van der Waals surface area contributed by atoms with Gasteiger partial charge in [0.2, 0.25) is 5.91 Å². The van der Waals surface area contributed by atoms with Gasteiger partial charge in [-0.3, -0.25) is 4.79 Å². The number of aryl methyl sites for hydroxylation is 1. The van der Waals surface area contributed by atoms with Gasteiger partial charge in [-0.05, 0) is 63.6 Å². The van der Waals surface area contributed by atoms with E-state index >= 15 is 0 Å². The van der Waals surface area contributed by atoms with Crippen LogP contribution in [0.1, 0.15) is 46.2 Å². The second-order valence-electron chi connectivity index (χ2n) is 7.89. The lowest BCUT2D eigenvalue weighted by atomic mass is 10.2. The molecule has 170 valence electrons. The topological polar surface area (TPSA) is 66.8 Å². The van der Waals surface area contributed by atoms with Gasteiger partial charge in [0.15, 0.2) is 0 Å². The third kappa shape index (κ3) is 7.35. The van der Waals surface area contributed by atoms with E-state index in [0.29, 0.717) is 25.4 Å². The minimum atomic E-state index is -0.290. The number of unbranched alkanes of at least 4 members (excludes halogenated alkanes) is 1. The maximum atomic E-state index is 13.2. The van der Waals surface area contributed by atoms with Gasteiger partial charge in [0, 0.05) is 37.2 Å². The Balaban J connectivity index is 2.06. The van der Waals surface area contributed by atoms with Gasteiger partial charge in [0.25, 0.3) is 0 Å². The highest BCUT2D eigenvalue weighted by atomic mass is 16.5. The molecule has 0 unspecified atom stereocenters. The zero-order valence-electron chi connectivity index (χ0n) is 19.4. The van der Waals surface area contributed by atoms with E-state index in [4.69, 9.17) is 4.74 Å². The largest absolute Gasteiger partial charge is 0.494 e. The molecule has 0 radical (unpaired) electrons. The van der Waals surface area contributed by atoms with Crippen LogP contribution in [0.4, 0.5) is 10.5 Å². The molecule has 2 aromatic rings. The average molecular weight is 429 g/mol. The van der Waals surface area contributed by atoms with Crippen LogP contribution in [0.3, 0.4) is 0 Å². The number of hydrogen-bond donors (Lipinski definition) is 1. The van der Waals surface area contributed by atoms with Crippen molar-refractivity contribution in [1.29, 1.82) is 0 Å². The Morgan fingerprint density at radius 1 is 1.13 bits per heavy atom. The fraction of sp³-hybridized carbons (Fsp3) is 0.500. The highest BCUT2D eigenvalue weighted by Gasteiger charge is 2.24. The molecular formula is C24H36N4O3. The predicted octanol–water partition coefficient (Wildman–Crippen LogP) is 4.50. The van der Waals surface area contributed by atoms with E-state index in [1.807, 2.05) is 67.7 Å². The van der Waals surface area contributed by atoms with Crippen LogP contribution in [0.5, 0.6) is 5.75 Å². The second kappa shape index (κ2) is 12.0. The van der Waals surface area contributed by atoms with Gasteiger partial charge in [0.1, 0.15) is 12.3 Å². The van der Waals surface area contributed by atoms with Crippen LogP contribution in [0.25, 0.3) is 0 Å². The van der Waals surface area contributed by atoms with Crippen molar-refractivity contribution in [2.24, 2.45) is 7.05 Å². The second-order valence-corrected chi connectivity index (χ2v) is 7.89. The smallest absolute Gasteiger partial charge is 0.322 e. The molecule has 0 aliphatic heterocycles. The third-order valence-corrected chi connectivity index (χ3v) is 5.14. The average Bonchev–Trinajstić information content (AvgIpc) is 3.14. The number of carbonyl (C=O) groups is 2. The van der Waals surface area contributed by atoms with Gasteiger partial charge in [-0.25, -0.2) is 4.79 Å². The molecule has 1 aromatic carbocycles. The number of amides is 3. The normalized spacial score (nSPS) is 10.8. The standard InChI is InChI=1S/C24H36N4O3/c1-6-8-16-27(17-21-10-9-15-26(21)5)23(29)18-28(19(3)4)24(30)25-20-11-13-22(14-12-20)31-7-2/h9-15,19H,6-8,16-18H2,1-5H3,(H,25,30). The van der Waals surface area contributed by atoms with Gasteiger partial charge >= 0.3 is 6.03 Å². The van der Waals surface area contributed by atoms with Crippen molar-refractivity contribution in [1.82, 2.24) is 14.4 Å². The van der Waals surface area contributed by atoms with Crippen LogP contribution in [-0.2, 0) is 18.4 Å². The zero-order valence-corrected chi connectivity index (χ0v) is 19.4. The monoisotopic (exact) mass is 428 g/mol. The van der Waals surface area contributed by atoms with E-state index in [1.165, 1.54) is 0 Å². The van der Waals surface area contributed by atoms with Crippen molar-refractivity contribution < 1.29 is 14.3 Å². The molecule has 2 rings (SSSR count). The van der Waals surface area contributed by atoms with Crippen molar-refractivity contribution in [2.75, 3.05) is 25.0 Å². The molecule has 3 amide bonds. The van der Waals surface area contributed by atoms with Crippen LogP contribution in [-0.4, -0.2) is 52.0 Å². The first-order valence-electron chi connectivity index (χ1n) is 11.0. The molecule has 1 N–H and O–H groups in total. The number of rotatable bonds is 11. The molecule has 0 fully saturated rings. The molecule has 0 atom stereocenters. The molecule has 31 heavy (non-hydrogen) atoms. The summed E-state index contributed by atoms with van der Waals surface area (Å²) in [5.41, 5.74) is 1.73. The van der Waals surface area contributed by atoms with Gasteiger partial charge < -0.3 is 24.4 Å². The molecule has 0 spiro atoms. The summed E-state index contributed by atoms with van der Waals surface area (Å²) in [6.45, 7) is 9.70. The Hall–Kier alpha value is -2.96. The molecule has 0 aliphatic rings. The predicted molar refractivity (Wildman–Crippen MR) is 124 cm³/mol. The number of benzene rings is 1. The highest BCUT2D eigenvalue weighted by Crippen LogP contribution is 2.17. The minimum Gasteiger partial charge on any atom is -0.494 e. The quantitative estimate of drug-likeness (QED) is 0.573. The number of carbonyl (C=O) groups excluding carboxylic acids is 2. The fourth-order valence-electron chi connectivity index (χ4n) is 3.23. The van der Waals surface area contributed by atoms with E-state index < -0.39 is 0 Å². The molecular weight excluding hydrogens is 392 g/mol. The zero-order chi connectivity index (χ0) is 22.8. The molecule has 7 heteroatoms. The summed E-state index contributed by atoms with van der Waals surface area (Å²) >= 11 is 0. The summed E-state index contributed by atoms with van der Waals surface area (Å²) in [6.07, 6.45) is 3.90. The van der Waals surface area contributed by atoms with Gasteiger partial charge in [-0.2, -0.15) is 0 Å². The highest BCUT2D eigenvalue weighted by molar-refractivity contribution is 5.92. The van der Waals surface area contributed by atoms with Crippen LogP contribution in [0, 0.1) is 0 Å². The number of ether oxygens (including phenoxy) is 1. The fourth-order valence-corrected chi connectivity index (χ4v) is 3.23. The number of nitrogens with zero attached hydrogens (tertiary/aromatic N) is 3. The molecule has 0 saturated carbocycles. The van der Waals surface area contributed by atoms with E-state index in [-0.39, 0.29) is 24.5 Å². The van der Waals surface area contributed by atoms with E-state index in [1.54, 1.807) is 17.0 Å². The first-order valence-corrected chi connectivity index (χ1v) is 11.0. The van der Waals surface area contributed by atoms with Crippen LogP contribution in [0.15, 0.2) is 42.6 Å². The number of urea groups is 1. The number of anilines is 1. The summed E-state index contributed by atoms with van der Waals surface area (Å²) in [4.78, 5) is 29.5. The summed E-state index contributed by atoms with van der Waals surface area (Å²) < 4.78 is 7.46. The molecule has 0 bridgehead atoms. The van der Waals surface area contributed by atoms with E-state index in [9.17, 15) is 9.59 Å². The SMILES string of the molecule is CCCCN(Cc1cccn1C)C(=O)CN(C(=O)Nc1ccc(OCC)cc1)C(C)C. The first kappa shape index (κ1) is 24.3. The van der Waals surface area contributed by atoms with Crippen LogP contribution < -0.4 is 10.1 Å². The van der Waals surface area contributed by atoms with Crippen molar-refractivity contribution in [3.05, 3.63) is 48.3 Å². The van der Waals surface area contributed by atoms with Crippen molar-refractivity contribution >= 4 is 17.6 Å². The maximum absolute atomic E-state index is 13.2. The van der Waals surface area contributed by atoms with Crippen molar-refractivity contribution in [3.63, 3.8) is 0 Å².